The molecule has 0 heterocycles. The predicted octanol–water partition coefficient (Wildman–Crippen LogP) is 4.36. The summed E-state index contributed by atoms with van der Waals surface area (Å²) in [6.45, 7) is 0.840. The molecule has 1 aromatic carbocycles. The molecular weight excluding hydrogens is 286 g/mol. The molecule has 1 N–H and O–H groups in total. The van der Waals surface area contributed by atoms with E-state index in [2.05, 4.69) is 18.2 Å². The first kappa shape index (κ1) is 15.2. The van der Waals surface area contributed by atoms with E-state index >= 15 is 0 Å². The molecule has 3 aliphatic carbocycles. The van der Waals surface area contributed by atoms with Crippen molar-refractivity contribution in [1.82, 2.24) is 0 Å². The second kappa shape index (κ2) is 5.94. The Morgan fingerprint density at radius 3 is 2.61 bits per heavy atom. The van der Waals surface area contributed by atoms with Gasteiger partial charge in [0.2, 0.25) is 0 Å². The fourth-order valence-corrected chi connectivity index (χ4v) is 4.45. The van der Waals surface area contributed by atoms with Crippen molar-refractivity contribution in [2.24, 2.45) is 11.3 Å². The summed E-state index contributed by atoms with van der Waals surface area (Å²) in [4.78, 5) is 0. The highest BCUT2D eigenvalue weighted by molar-refractivity contribution is 6.07. The Morgan fingerprint density at radius 1 is 1.17 bits per heavy atom. The minimum absolute atomic E-state index is 0.0595. The van der Waals surface area contributed by atoms with Gasteiger partial charge in [-0.25, -0.2) is 0 Å². The minimum atomic E-state index is 0.0595. The van der Waals surface area contributed by atoms with Crippen LogP contribution in [0.2, 0.25) is 0 Å². The van der Waals surface area contributed by atoms with Crippen LogP contribution in [-0.4, -0.2) is 25.5 Å². The Hall–Kier alpha value is -1.35. The quantitative estimate of drug-likeness (QED) is 0.897. The van der Waals surface area contributed by atoms with Gasteiger partial charge in [0.25, 0.3) is 0 Å². The van der Waals surface area contributed by atoms with Crippen molar-refractivity contribution in [1.29, 1.82) is 5.41 Å². The van der Waals surface area contributed by atoms with Crippen molar-refractivity contribution < 1.29 is 9.47 Å². The summed E-state index contributed by atoms with van der Waals surface area (Å²) in [5.41, 5.74) is 3.37. The number of rotatable bonds is 4. The van der Waals surface area contributed by atoms with E-state index in [0.29, 0.717) is 6.10 Å². The number of hydrogen-bond acceptors (Lipinski definition) is 3. The normalized spacial score (nSPS) is 30.3. The molecule has 0 aliphatic heterocycles. The highest BCUT2D eigenvalue weighted by atomic mass is 16.5. The summed E-state index contributed by atoms with van der Waals surface area (Å²) < 4.78 is 11.5. The molecule has 3 nitrogen and oxygen atoms in total. The van der Waals surface area contributed by atoms with Crippen molar-refractivity contribution in [2.75, 3.05) is 13.7 Å². The van der Waals surface area contributed by atoms with Gasteiger partial charge in [-0.1, -0.05) is 12.5 Å². The molecule has 0 saturated heterocycles. The summed E-state index contributed by atoms with van der Waals surface area (Å²) in [5, 5.41) is 8.76. The average molecular weight is 313 g/mol. The molecule has 0 atom stereocenters. The molecular formula is C20H27NO2. The smallest absolute Gasteiger partial charge is 0.119 e. The number of hydrogen-bond donors (Lipinski definition) is 1. The minimum Gasteiger partial charge on any atom is -0.493 e. The van der Waals surface area contributed by atoms with Gasteiger partial charge in [0.1, 0.15) is 5.75 Å². The lowest BCUT2D eigenvalue weighted by Gasteiger charge is -2.36. The highest BCUT2D eigenvalue weighted by Gasteiger charge is 2.44. The molecule has 0 unspecified atom stereocenters. The molecule has 0 bridgehead atoms. The SMILES string of the molecule is CO[C@H]1CC[C@]2(CC1)Cc1ccc(OCC3CCC3)cc1C2=N. The van der Waals surface area contributed by atoms with Crippen molar-refractivity contribution >= 4 is 5.71 Å². The van der Waals surface area contributed by atoms with Gasteiger partial charge >= 0.3 is 0 Å². The van der Waals surface area contributed by atoms with E-state index in [1.165, 1.54) is 24.8 Å². The predicted molar refractivity (Wildman–Crippen MR) is 91.5 cm³/mol. The van der Waals surface area contributed by atoms with Gasteiger partial charge in [0.05, 0.1) is 12.7 Å². The van der Waals surface area contributed by atoms with E-state index in [1.807, 2.05) is 7.11 Å². The van der Waals surface area contributed by atoms with Gasteiger partial charge in [0, 0.05) is 23.8 Å². The van der Waals surface area contributed by atoms with E-state index < -0.39 is 0 Å². The van der Waals surface area contributed by atoms with E-state index in [9.17, 15) is 0 Å². The summed E-state index contributed by atoms with van der Waals surface area (Å²) in [6.07, 6.45) is 9.71. The number of benzene rings is 1. The number of nitrogens with one attached hydrogen (secondary N) is 1. The van der Waals surface area contributed by atoms with Gasteiger partial charge in [-0.05, 0) is 68.6 Å². The fourth-order valence-electron chi connectivity index (χ4n) is 4.45. The summed E-state index contributed by atoms with van der Waals surface area (Å²) >= 11 is 0. The Kier molecular flexibility index (Phi) is 3.92. The zero-order valence-corrected chi connectivity index (χ0v) is 14.1. The Morgan fingerprint density at radius 2 is 1.96 bits per heavy atom. The number of fused-ring (bicyclic) bond motifs is 1. The molecule has 1 aromatic rings. The third-order valence-electron chi connectivity index (χ3n) is 6.34. The maximum Gasteiger partial charge on any atom is 0.119 e. The third-order valence-corrected chi connectivity index (χ3v) is 6.34. The molecule has 23 heavy (non-hydrogen) atoms. The van der Waals surface area contributed by atoms with Crippen LogP contribution in [0.3, 0.4) is 0 Å². The second-order valence-corrected chi connectivity index (χ2v) is 7.69. The van der Waals surface area contributed by atoms with Crippen LogP contribution in [0, 0.1) is 16.7 Å². The molecule has 0 aromatic heterocycles. The lowest BCUT2D eigenvalue weighted by molar-refractivity contribution is 0.0467. The molecule has 2 saturated carbocycles. The van der Waals surface area contributed by atoms with Crippen LogP contribution in [0.5, 0.6) is 5.75 Å². The van der Waals surface area contributed by atoms with Crippen LogP contribution < -0.4 is 4.74 Å². The third kappa shape index (κ3) is 2.69. The Balaban J connectivity index is 1.47. The topological polar surface area (TPSA) is 42.3 Å². The van der Waals surface area contributed by atoms with Gasteiger partial charge in [-0.3, -0.25) is 0 Å². The van der Waals surface area contributed by atoms with E-state index in [4.69, 9.17) is 14.9 Å². The first-order valence-corrected chi connectivity index (χ1v) is 9.08. The molecule has 2 fully saturated rings. The van der Waals surface area contributed by atoms with Crippen molar-refractivity contribution in [2.45, 2.75) is 57.5 Å². The van der Waals surface area contributed by atoms with Crippen LogP contribution in [0.1, 0.15) is 56.1 Å². The lowest BCUT2D eigenvalue weighted by atomic mass is 9.70. The van der Waals surface area contributed by atoms with Crippen LogP contribution >= 0.6 is 0 Å². The van der Waals surface area contributed by atoms with Crippen LogP contribution in [-0.2, 0) is 11.2 Å². The molecule has 0 amide bonds. The Bertz CT molecular complexity index is 598. The second-order valence-electron chi connectivity index (χ2n) is 7.69. The Labute approximate surface area is 138 Å². The maximum atomic E-state index is 8.76. The molecule has 1 spiro atoms. The zero-order chi connectivity index (χ0) is 15.9. The first-order valence-electron chi connectivity index (χ1n) is 9.08. The summed E-state index contributed by atoms with van der Waals surface area (Å²) in [5.74, 6) is 1.70. The van der Waals surface area contributed by atoms with E-state index in [1.54, 1.807) is 0 Å². The van der Waals surface area contributed by atoms with E-state index in [0.717, 1.165) is 61.7 Å². The van der Waals surface area contributed by atoms with E-state index in [-0.39, 0.29) is 5.41 Å². The molecule has 0 radical (unpaired) electrons. The standard InChI is InChI=1S/C20H27NO2/c1-22-16-7-9-20(10-8-16)12-15-5-6-17(11-18(15)19(20)21)23-13-14-3-2-4-14/h5-6,11,14,16,21H,2-4,7-10,12-13H2,1H3/t16-,20-. The van der Waals surface area contributed by atoms with Crippen molar-refractivity contribution in [3.8, 4) is 5.75 Å². The molecule has 4 rings (SSSR count). The zero-order valence-electron chi connectivity index (χ0n) is 14.1. The van der Waals surface area contributed by atoms with Gasteiger partial charge in [-0.15, -0.1) is 0 Å². The average Bonchev–Trinajstić information content (AvgIpc) is 2.79. The fraction of sp³-hybridized carbons (Fsp3) is 0.650. The van der Waals surface area contributed by atoms with Gasteiger partial charge in [-0.2, -0.15) is 0 Å². The monoisotopic (exact) mass is 313 g/mol. The number of ether oxygens (including phenoxy) is 2. The molecule has 3 heteroatoms. The van der Waals surface area contributed by atoms with Crippen LogP contribution in [0.15, 0.2) is 18.2 Å². The summed E-state index contributed by atoms with van der Waals surface area (Å²) in [6, 6.07) is 6.41. The van der Waals surface area contributed by atoms with Crippen LogP contribution in [0.25, 0.3) is 0 Å². The first-order chi connectivity index (χ1) is 11.2. The lowest BCUT2D eigenvalue weighted by Crippen LogP contribution is -2.35. The largest absolute Gasteiger partial charge is 0.493 e. The summed E-state index contributed by atoms with van der Waals surface area (Å²) in [7, 11) is 1.81. The van der Waals surface area contributed by atoms with Crippen molar-refractivity contribution in [3.05, 3.63) is 29.3 Å². The highest BCUT2D eigenvalue weighted by Crippen LogP contribution is 2.48. The van der Waals surface area contributed by atoms with Crippen molar-refractivity contribution in [3.63, 3.8) is 0 Å². The van der Waals surface area contributed by atoms with Gasteiger partial charge < -0.3 is 14.9 Å². The molecule has 3 aliphatic rings. The number of methoxy groups -OCH3 is 1. The van der Waals surface area contributed by atoms with Gasteiger partial charge in [0.15, 0.2) is 0 Å². The molecule has 124 valence electrons. The maximum absolute atomic E-state index is 8.76. The van der Waals surface area contributed by atoms with Crippen LogP contribution in [0.4, 0.5) is 0 Å².